The Morgan fingerprint density at radius 1 is 1.18 bits per heavy atom. The van der Waals surface area contributed by atoms with Gasteiger partial charge in [0, 0.05) is 5.92 Å². The molecule has 1 saturated heterocycles. The van der Waals surface area contributed by atoms with Gasteiger partial charge in [-0.05, 0) is 73.6 Å². The van der Waals surface area contributed by atoms with E-state index in [1.807, 2.05) is 33.8 Å². The van der Waals surface area contributed by atoms with E-state index >= 15 is 0 Å². The van der Waals surface area contributed by atoms with Gasteiger partial charge in [-0.2, -0.15) is 0 Å². The Labute approximate surface area is 197 Å². The number of rotatable bonds is 8. The molecule has 0 bridgehead atoms. The van der Waals surface area contributed by atoms with Crippen molar-refractivity contribution in [2.45, 2.75) is 105 Å². The summed E-state index contributed by atoms with van der Waals surface area (Å²) in [5.41, 5.74) is -2.91. The maximum Gasteiger partial charge on any atom is 0.208 e. The number of ketones is 3. The molecule has 2 rings (SSSR count). The molecule has 1 aliphatic heterocycles. The van der Waals surface area contributed by atoms with Crippen molar-refractivity contribution >= 4 is 17.3 Å². The first-order valence-corrected chi connectivity index (χ1v) is 11.9. The van der Waals surface area contributed by atoms with Crippen LogP contribution in [0.25, 0.3) is 0 Å². The minimum absolute atomic E-state index is 0.0120. The molecule has 0 saturated carbocycles. The van der Waals surface area contributed by atoms with Crippen LogP contribution in [-0.2, 0) is 19.1 Å². The summed E-state index contributed by atoms with van der Waals surface area (Å²) in [6.45, 7) is 14.1. The summed E-state index contributed by atoms with van der Waals surface area (Å²) in [6, 6.07) is 0. The largest absolute Gasteiger partial charge is 0.488 e. The first-order chi connectivity index (χ1) is 15.1. The van der Waals surface area contributed by atoms with Crippen LogP contribution in [0.2, 0.25) is 0 Å². The Kier molecular flexibility index (Phi) is 7.97. The molecular weight excluding hydrogens is 420 g/mol. The van der Waals surface area contributed by atoms with E-state index in [4.69, 9.17) is 4.74 Å². The molecule has 184 valence electrons. The number of aliphatic hydroxyl groups excluding tert-OH is 1. The molecule has 0 spiro atoms. The Hall–Kier alpha value is -2.05. The molecule has 6 nitrogen and oxygen atoms in total. The molecule has 1 aliphatic carbocycles. The van der Waals surface area contributed by atoms with E-state index in [2.05, 4.69) is 6.08 Å². The van der Waals surface area contributed by atoms with Gasteiger partial charge >= 0.3 is 0 Å². The van der Waals surface area contributed by atoms with Gasteiger partial charge in [0.1, 0.15) is 16.9 Å². The molecule has 0 aromatic carbocycles. The predicted molar refractivity (Wildman–Crippen MR) is 127 cm³/mol. The maximum atomic E-state index is 13.6. The van der Waals surface area contributed by atoms with E-state index in [1.54, 1.807) is 20.8 Å². The lowest BCUT2D eigenvalue weighted by molar-refractivity contribution is -0.178. The first kappa shape index (κ1) is 27.2. The van der Waals surface area contributed by atoms with E-state index in [1.165, 1.54) is 5.57 Å². The maximum absolute atomic E-state index is 13.6. The van der Waals surface area contributed by atoms with E-state index in [-0.39, 0.29) is 24.2 Å². The molecule has 0 aromatic rings. The summed E-state index contributed by atoms with van der Waals surface area (Å²) in [5, 5.41) is 21.9. The number of fused-ring (bicyclic) bond motifs is 1. The number of carbonyl (C=O) groups is 3. The molecule has 1 fully saturated rings. The van der Waals surface area contributed by atoms with Crippen molar-refractivity contribution in [1.82, 2.24) is 0 Å². The molecule has 6 heteroatoms. The standard InChI is InChI=1S/C27H40O6/c1-9-18(5)21(29)20-22(30)26(8,32)24(31)27(14-13-17(4)12-10-11-16(2)3)15-19(28)25(6,7)33-23(20)27/h11,13,18-19,28,32H,9-10,12,14-15H2,1-8H3/b17-13+/t18?,19-,26+,27-/m0/s1. The Morgan fingerprint density at radius 3 is 2.33 bits per heavy atom. The van der Waals surface area contributed by atoms with Gasteiger partial charge in [-0.1, -0.05) is 37.1 Å². The number of allylic oxidation sites excluding steroid dienone is 5. The lowest BCUT2D eigenvalue weighted by Crippen LogP contribution is -2.63. The van der Waals surface area contributed by atoms with Gasteiger partial charge in [-0.3, -0.25) is 14.4 Å². The fraction of sp³-hybridized carbons (Fsp3) is 0.667. The van der Waals surface area contributed by atoms with Gasteiger partial charge in [-0.15, -0.1) is 0 Å². The van der Waals surface area contributed by atoms with E-state index in [9.17, 15) is 24.6 Å². The second-order valence-corrected chi connectivity index (χ2v) is 10.7. The monoisotopic (exact) mass is 460 g/mol. The smallest absolute Gasteiger partial charge is 0.208 e. The van der Waals surface area contributed by atoms with E-state index in [0.717, 1.165) is 25.3 Å². The van der Waals surface area contributed by atoms with Gasteiger partial charge in [0.15, 0.2) is 17.2 Å². The van der Waals surface area contributed by atoms with Gasteiger partial charge < -0.3 is 14.9 Å². The highest BCUT2D eigenvalue weighted by Crippen LogP contribution is 2.53. The highest BCUT2D eigenvalue weighted by Gasteiger charge is 2.64. The number of hydrogen-bond acceptors (Lipinski definition) is 6. The summed E-state index contributed by atoms with van der Waals surface area (Å²) in [6.07, 6.45) is 5.26. The lowest BCUT2D eigenvalue weighted by atomic mass is 9.59. The van der Waals surface area contributed by atoms with E-state index in [0.29, 0.717) is 6.42 Å². The summed E-state index contributed by atoms with van der Waals surface area (Å²) in [4.78, 5) is 40.2. The number of Topliss-reactive ketones (excluding diaryl/α,β-unsaturated/α-hetero) is 3. The third-order valence-electron chi connectivity index (χ3n) is 7.11. The van der Waals surface area contributed by atoms with Crippen molar-refractivity contribution < 1.29 is 29.3 Å². The number of ether oxygens (including phenoxy) is 1. The van der Waals surface area contributed by atoms with Gasteiger partial charge in [0.2, 0.25) is 5.78 Å². The second-order valence-electron chi connectivity index (χ2n) is 10.7. The molecule has 0 amide bonds. The van der Waals surface area contributed by atoms with Gasteiger partial charge in [-0.25, -0.2) is 0 Å². The summed E-state index contributed by atoms with van der Waals surface area (Å²) < 4.78 is 6.12. The van der Waals surface area contributed by atoms with Gasteiger partial charge in [0.05, 0.1) is 11.5 Å². The van der Waals surface area contributed by atoms with Crippen molar-refractivity contribution in [2.75, 3.05) is 0 Å². The molecule has 33 heavy (non-hydrogen) atoms. The zero-order valence-corrected chi connectivity index (χ0v) is 21.4. The van der Waals surface area contributed by atoms with E-state index < -0.39 is 46.0 Å². The molecule has 1 unspecified atom stereocenters. The van der Waals surface area contributed by atoms with Crippen LogP contribution < -0.4 is 0 Å². The molecule has 4 atom stereocenters. The fourth-order valence-electron chi connectivity index (χ4n) is 4.46. The average Bonchev–Trinajstić information content (AvgIpc) is 2.72. The first-order valence-electron chi connectivity index (χ1n) is 11.9. The topological polar surface area (TPSA) is 101 Å². The number of hydrogen-bond donors (Lipinski definition) is 2. The Balaban J connectivity index is 2.69. The van der Waals surface area contributed by atoms with Crippen LogP contribution in [0.5, 0.6) is 0 Å². The highest BCUT2D eigenvalue weighted by molar-refractivity contribution is 6.33. The summed E-state index contributed by atoms with van der Waals surface area (Å²) >= 11 is 0. The predicted octanol–water partition coefficient (Wildman–Crippen LogP) is 4.39. The molecule has 1 heterocycles. The highest BCUT2D eigenvalue weighted by atomic mass is 16.5. The number of carbonyl (C=O) groups excluding carboxylic acids is 3. The Bertz CT molecular complexity index is 913. The minimum Gasteiger partial charge on any atom is -0.488 e. The third kappa shape index (κ3) is 5.07. The molecule has 2 N–H and O–H groups in total. The quantitative estimate of drug-likeness (QED) is 0.317. The van der Waals surface area contributed by atoms with Crippen LogP contribution in [0.4, 0.5) is 0 Å². The molecular formula is C27H40O6. The van der Waals surface area contributed by atoms with Crippen LogP contribution in [0.1, 0.15) is 87.5 Å². The minimum atomic E-state index is -2.36. The fourth-order valence-corrected chi connectivity index (χ4v) is 4.46. The van der Waals surface area contributed by atoms with Crippen LogP contribution in [0, 0.1) is 11.3 Å². The van der Waals surface area contributed by atoms with Crippen LogP contribution >= 0.6 is 0 Å². The third-order valence-corrected chi connectivity index (χ3v) is 7.11. The number of aliphatic hydroxyl groups is 2. The SMILES string of the molecule is CCC(C)C(=O)C1=C2OC(C)(C)[C@@H](O)C[C@]2(C/C=C(\C)CCC=C(C)C)C(=O)[C@](C)(O)C1=O. The van der Waals surface area contributed by atoms with Crippen molar-refractivity contribution in [1.29, 1.82) is 0 Å². The van der Waals surface area contributed by atoms with Crippen molar-refractivity contribution in [3.8, 4) is 0 Å². The van der Waals surface area contributed by atoms with Crippen LogP contribution in [0.3, 0.4) is 0 Å². The zero-order chi connectivity index (χ0) is 25.4. The second kappa shape index (κ2) is 9.67. The van der Waals surface area contributed by atoms with Crippen molar-refractivity contribution in [3.05, 3.63) is 34.6 Å². The van der Waals surface area contributed by atoms with Gasteiger partial charge in [0.25, 0.3) is 0 Å². The normalized spacial score (nSPS) is 30.5. The molecule has 0 radical (unpaired) electrons. The molecule has 0 aromatic heterocycles. The average molecular weight is 461 g/mol. The summed E-state index contributed by atoms with van der Waals surface area (Å²) in [7, 11) is 0. The lowest BCUT2D eigenvalue weighted by Gasteiger charge is -2.51. The Morgan fingerprint density at radius 2 is 1.79 bits per heavy atom. The zero-order valence-electron chi connectivity index (χ0n) is 21.4. The summed E-state index contributed by atoms with van der Waals surface area (Å²) in [5.74, 6) is -2.54. The van der Waals surface area contributed by atoms with Crippen LogP contribution in [0.15, 0.2) is 34.6 Å². The van der Waals surface area contributed by atoms with Crippen molar-refractivity contribution in [2.24, 2.45) is 11.3 Å². The van der Waals surface area contributed by atoms with Crippen molar-refractivity contribution in [3.63, 3.8) is 0 Å². The van der Waals surface area contributed by atoms with Crippen LogP contribution in [-0.4, -0.2) is 44.9 Å². The molecule has 2 aliphatic rings.